The number of rotatable bonds is 3. The Morgan fingerprint density at radius 3 is 2.95 bits per heavy atom. The minimum atomic E-state index is -0.424. The van der Waals surface area contributed by atoms with Crippen molar-refractivity contribution in [2.24, 2.45) is 11.8 Å². The monoisotopic (exact) mass is 293 g/mol. The molecule has 3 unspecified atom stereocenters. The second-order valence-electron chi connectivity index (χ2n) is 6.04. The van der Waals surface area contributed by atoms with Crippen molar-refractivity contribution in [1.82, 2.24) is 4.90 Å². The summed E-state index contributed by atoms with van der Waals surface area (Å²) >= 11 is 0. The number of anilines is 2. The number of amides is 1. The number of nitrogen functional groups attached to an aromatic ring is 1. The fraction of sp³-hybridized carbons (Fsp3) is 0.533. The number of carbonyl (C=O) groups is 1. The largest absolute Gasteiger partial charge is 0.397 e. The predicted octanol–water partition coefficient (Wildman–Crippen LogP) is 1.05. The molecular formula is C15H20FN3O2. The normalized spacial score (nSPS) is 28.6. The molecule has 0 aromatic heterocycles. The van der Waals surface area contributed by atoms with Crippen LogP contribution in [0, 0.1) is 17.7 Å². The summed E-state index contributed by atoms with van der Waals surface area (Å²) < 4.78 is 13.0. The molecule has 1 saturated carbocycles. The molecule has 2 fully saturated rings. The Morgan fingerprint density at radius 1 is 1.43 bits per heavy atom. The lowest BCUT2D eigenvalue weighted by Crippen LogP contribution is -2.33. The van der Waals surface area contributed by atoms with E-state index in [9.17, 15) is 14.3 Å². The van der Waals surface area contributed by atoms with Crippen molar-refractivity contribution in [3.63, 3.8) is 0 Å². The number of aliphatic hydroxyl groups is 1. The molecule has 2 aliphatic rings. The number of hydrogen-bond acceptors (Lipinski definition) is 4. The van der Waals surface area contributed by atoms with E-state index in [4.69, 9.17) is 5.73 Å². The van der Waals surface area contributed by atoms with Crippen LogP contribution in [-0.2, 0) is 4.79 Å². The van der Waals surface area contributed by atoms with Crippen molar-refractivity contribution < 1.29 is 14.3 Å². The van der Waals surface area contributed by atoms with Crippen LogP contribution in [0.15, 0.2) is 18.2 Å². The number of halogens is 1. The highest BCUT2D eigenvalue weighted by Gasteiger charge is 2.41. The van der Waals surface area contributed by atoms with Gasteiger partial charge in [-0.2, -0.15) is 0 Å². The predicted molar refractivity (Wildman–Crippen MR) is 78.1 cm³/mol. The second-order valence-corrected chi connectivity index (χ2v) is 6.04. The van der Waals surface area contributed by atoms with Gasteiger partial charge in [-0.25, -0.2) is 4.39 Å². The molecule has 0 radical (unpaired) electrons. The van der Waals surface area contributed by atoms with E-state index in [0.717, 1.165) is 25.9 Å². The Balaban J connectivity index is 1.55. The summed E-state index contributed by atoms with van der Waals surface area (Å²) in [5.74, 6) is 0.215. The lowest BCUT2D eigenvalue weighted by molar-refractivity contribution is -0.117. The van der Waals surface area contributed by atoms with Crippen molar-refractivity contribution in [2.75, 3.05) is 30.7 Å². The number of nitrogens with zero attached hydrogens (tertiary/aromatic N) is 1. The number of benzene rings is 1. The third-order valence-electron chi connectivity index (χ3n) is 4.55. The van der Waals surface area contributed by atoms with Gasteiger partial charge in [-0.3, -0.25) is 9.69 Å². The van der Waals surface area contributed by atoms with Crippen molar-refractivity contribution in [3.8, 4) is 0 Å². The molecule has 1 aliphatic heterocycles. The zero-order valence-corrected chi connectivity index (χ0v) is 11.8. The van der Waals surface area contributed by atoms with E-state index in [1.54, 1.807) is 0 Å². The zero-order valence-electron chi connectivity index (χ0n) is 11.8. The van der Waals surface area contributed by atoms with Gasteiger partial charge >= 0.3 is 0 Å². The second kappa shape index (κ2) is 5.61. The van der Waals surface area contributed by atoms with Crippen LogP contribution < -0.4 is 11.1 Å². The Kier molecular flexibility index (Phi) is 3.82. The van der Waals surface area contributed by atoms with Crippen LogP contribution in [0.25, 0.3) is 0 Å². The molecule has 1 aromatic rings. The number of hydrogen-bond donors (Lipinski definition) is 3. The molecule has 4 N–H and O–H groups in total. The van der Waals surface area contributed by atoms with Gasteiger partial charge in [0.1, 0.15) is 5.82 Å². The van der Waals surface area contributed by atoms with Crippen LogP contribution in [-0.4, -0.2) is 41.7 Å². The highest BCUT2D eigenvalue weighted by molar-refractivity contribution is 5.95. The highest BCUT2D eigenvalue weighted by Crippen LogP contribution is 2.37. The molecule has 1 aliphatic carbocycles. The number of aliphatic hydroxyl groups excluding tert-OH is 1. The highest BCUT2D eigenvalue weighted by atomic mass is 19.1. The number of carbonyl (C=O) groups excluding carboxylic acids is 1. The molecule has 1 amide bonds. The van der Waals surface area contributed by atoms with Gasteiger partial charge in [0.15, 0.2) is 0 Å². The molecule has 114 valence electrons. The fourth-order valence-corrected chi connectivity index (χ4v) is 3.50. The number of likely N-dealkylation sites (tertiary alicyclic amines) is 1. The first-order chi connectivity index (χ1) is 10.0. The summed E-state index contributed by atoms with van der Waals surface area (Å²) in [7, 11) is 0. The molecule has 1 heterocycles. The lowest BCUT2D eigenvalue weighted by atomic mass is 10.00. The summed E-state index contributed by atoms with van der Waals surface area (Å²) in [4.78, 5) is 14.1. The van der Waals surface area contributed by atoms with Gasteiger partial charge in [-0.15, -0.1) is 0 Å². The first-order valence-corrected chi connectivity index (χ1v) is 7.28. The van der Waals surface area contributed by atoms with E-state index in [2.05, 4.69) is 10.2 Å². The van der Waals surface area contributed by atoms with Gasteiger partial charge in [-0.05, 0) is 37.0 Å². The fourth-order valence-electron chi connectivity index (χ4n) is 3.50. The topological polar surface area (TPSA) is 78.6 Å². The molecule has 0 spiro atoms. The third-order valence-corrected chi connectivity index (χ3v) is 4.55. The number of nitrogens with two attached hydrogens (primary N) is 1. The molecule has 5 nitrogen and oxygen atoms in total. The van der Waals surface area contributed by atoms with Gasteiger partial charge in [0.2, 0.25) is 5.91 Å². The average molecular weight is 293 g/mol. The maximum absolute atomic E-state index is 13.0. The van der Waals surface area contributed by atoms with Gasteiger partial charge in [-0.1, -0.05) is 0 Å². The minimum absolute atomic E-state index is 0.164. The maximum Gasteiger partial charge on any atom is 0.238 e. The summed E-state index contributed by atoms with van der Waals surface area (Å²) in [5, 5.41) is 12.6. The Morgan fingerprint density at radius 2 is 2.24 bits per heavy atom. The molecule has 1 aromatic carbocycles. The summed E-state index contributed by atoms with van der Waals surface area (Å²) in [6, 6.07) is 3.92. The molecule has 3 atom stereocenters. The quantitative estimate of drug-likeness (QED) is 0.728. The van der Waals surface area contributed by atoms with Crippen LogP contribution in [0.5, 0.6) is 0 Å². The van der Waals surface area contributed by atoms with Gasteiger partial charge in [0, 0.05) is 19.0 Å². The Hall–Kier alpha value is -1.66. The van der Waals surface area contributed by atoms with Gasteiger partial charge in [0.25, 0.3) is 0 Å². The molecular weight excluding hydrogens is 273 g/mol. The smallest absolute Gasteiger partial charge is 0.238 e. The Labute approximate surface area is 122 Å². The molecule has 3 rings (SSSR count). The summed E-state index contributed by atoms with van der Waals surface area (Å²) in [6.45, 7) is 1.89. The van der Waals surface area contributed by atoms with Crippen LogP contribution in [0.1, 0.15) is 12.8 Å². The van der Waals surface area contributed by atoms with Gasteiger partial charge < -0.3 is 16.2 Å². The molecule has 21 heavy (non-hydrogen) atoms. The van der Waals surface area contributed by atoms with Crippen LogP contribution >= 0.6 is 0 Å². The van der Waals surface area contributed by atoms with Crippen LogP contribution in [0.4, 0.5) is 15.8 Å². The average Bonchev–Trinajstić information content (AvgIpc) is 2.95. The summed E-state index contributed by atoms with van der Waals surface area (Å²) in [6.07, 6.45) is 1.69. The van der Waals surface area contributed by atoms with Crippen LogP contribution in [0.2, 0.25) is 0 Å². The lowest BCUT2D eigenvalue weighted by Gasteiger charge is -2.17. The molecule has 1 saturated heterocycles. The van der Waals surface area contributed by atoms with E-state index in [1.807, 2.05) is 0 Å². The SMILES string of the molecule is Nc1cc(F)ccc1NC(=O)CN1CC2CCC(O)C2C1. The zero-order chi connectivity index (χ0) is 15.0. The van der Waals surface area contributed by atoms with E-state index in [-0.39, 0.29) is 24.2 Å². The van der Waals surface area contributed by atoms with Crippen molar-refractivity contribution in [3.05, 3.63) is 24.0 Å². The van der Waals surface area contributed by atoms with Crippen molar-refractivity contribution in [1.29, 1.82) is 0 Å². The number of nitrogens with one attached hydrogen (secondary N) is 1. The van der Waals surface area contributed by atoms with E-state index >= 15 is 0 Å². The van der Waals surface area contributed by atoms with E-state index in [0.29, 0.717) is 17.5 Å². The number of fused-ring (bicyclic) bond motifs is 1. The van der Waals surface area contributed by atoms with E-state index in [1.165, 1.54) is 18.2 Å². The molecule has 6 heteroatoms. The third kappa shape index (κ3) is 3.01. The maximum atomic E-state index is 13.0. The summed E-state index contributed by atoms with van der Waals surface area (Å²) in [5.41, 5.74) is 6.32. The first-order valence-electron chi connectivity index (χ1n) is 7.28. The van der Waals surface area contributed by atoms with E-state index < -0.39 is 5.82 Å². The standard InChI is InChI=1S/C15H20FN3O2/c16-10-2-3-13(12(17)5-10)18-15(21)8-19-6-9-1-4-14(20)11(9)7-19/h2-3,5,9,11,14,20H,1,4,6-8,17H2,(H,18,21). The van der Waals surface area contributed by atoms with Crippen molar-refractivity contribution in [2.45, 2.75) is 18.9 Å². The minimum Gasteiger partial charge on any atom is -0.397 e. The van der Waals surface area contributed by atoms with Crippen LogP contribution in [0.3, 0.4) is 0 Å². The van der Waals surface area contributed by atoms with Crippen molar-refractivity contribution >= 4 is 17.3 Å². The molecule has 0 bridgehead atoms. The first kappa shape index (κ1) is 14.3. The van der Waals surface area contributed by atoms with Gasteiger partial charge in [0.05, 0.1) is 24.0 Å². The Bertz CT molecular complexity index is 552.